The van der Waals surface area contributed by atoms with Gasteiger partial charge in [0.05, 0.1) is 0 Å². The van der Waals surface area contributed by atoms with Gasteiger partial charge in [-0.1, -0.05) is 41.9 Å². The molecule has 0 spiro atoms. The van der Waals surface area contributed by atoms with Crippen LogP contribution in [0.15, 0.2) is 42.5 Å². The molecule has 0 saturated carbocycles. The summed E-state index contributed by atoms with van der Waals surface area (Å²) in [5.74, 6) is 0.599. The van der Waals surface area contributed by atoms with Crippen LogP contribution in [0.25, 0.3) is 0 Å². The Bertz CT molecular complexity index is 591. The average Bonchev–Trinajstić information content (AvgIpc) is 2.67. The lowest BCUT2D eigenvalue weighted by Crippen LogP contribution is -2.33. The van der Waals surface area contributed by atoms with Crippen LogP contribution in [0.2, 0.25) is 5.15 Å². The van der Waals surface area contributed by atoms with Crippen molar-refractivity contribution < 1.29 is 4.74 Å². The van der Waals surface area contributed by atoms with Crippen molar-refractivity contribution in [3.8, 4) is 5.88 Å². The Labute approximate surface area is 123 Å². The van der Waals surface area contributed by atoms with Gasteiger partial charge >= 0.3 is 0 Å². The number of pyridine rings is 1. The monoisotopic (exact) mass is 289 g/mol. The molecule has 0 bridgehead atoms. The maximum absolute atomic E-state index is 6.06. The van der Waals surface area contributed by atoms with Crippen LogP contribution in [0.4, 0.5) is 0 Å². The molecule has 20 heavy (non-hydrogen) atoms. The molecule has 1 atom stereocenters. The lowest BCUT2D eigenvalue weighted by Gasteiger charge is -2.22. The summed E-state index contributed by atoms with van der Waals surface area (Å²) in [6.45, 7) is 1.93. The Hall–Kier alpha value is -1.62. The number of halogens is 1. The van der Waals surface area contributed by atoms with Gasteiger partial charge in [0, 0.05) is 25.3 Å². The van der Waals surface area contributed by atoms with Gasteiger partial charge in [-0.25, -0.2) is 4.98 Å². The summed E-state index contributed by atoms with van der Waals surface area (Å²) in [6, 6.07) is 13.8. The van der Waals surface area contributed by atoms with Crippen molar-refractivity contribution in [2.75, 3.05) is 13.2 Å². The van der Waals surface area contributed by atoms with Crippen LogP contribution in [0.5, 0.6) is 5.88 Å². The molecule has 2 heterocycles. The van der Waals surface area contributed by atoms with Crippen molar-refractivity contribution in [2.45, 2.75) is 12.6 Å². The van der Waals surface area contributed by atoms with E-state index in [9.17, 15) is 0 Å². The van der Waals surface area contributed by atoms with Gasteiger partial charge in [0.25, 0.3) is 0 Å². The molecule has 0 saturated heterocycles. The molecular formula is C15H16ClN3O. The summed E-state index contributed by atoms with van der Waals surface area (Å²) in [6.07, 6.45) is -0.0908. The molecule has 5 heteroatoms. The molecule has 1 aromatic heterocycles. The van der Waals surface area contributed by atoms with Crippen LogP contribution in [0.3, 0.4) is 0 Å². The second-order valence-corrected chi connectivity index (χ2v) is 5.20. The number of nitrogens with two attached hydrogens (primary N) is 1. The van der Waals surface area contributed by atoms with Crippen LogP contribution in [0, 0.1) is 0 Å². The SMILES string of the molecule is NCN1Cc2ccc(Cl)nc2OC(c2ccccc2)C1. The number of nitrogens with zero attached hydrogens (tertiary/aromatic N) is 2. The highest BCUT2D eigenvalue weighted by atomic mass is 35.5. The summed E-state index contributed by atoms with van der Waals surface area (Å²) < 4.78 is 6.06. The van der Waals surface area contributed by atoms with Crippen molar-refractivity contribution in [3.63, 3.8) is 0 Å². The number of fused-ring (bicyclic) bond motifs is 1. The molecule has 0 amide bonds. The molecule has 4 nitrogen and oxygen atoms in total. The van der Waals surface area contributed by atoms with Crippen molar-refractivity contribution in [1.29, 1.82) is 0 Å². The smallest absolute Gasteiger partial charge is 0.219 e. The van der Waals surface area contributed by atoms with Gasteiger partial charge in [0.1, 0.15) is 11.3 Å². The molecule has 2 aromatic rings. The third kappa shape index (κ3) is 2.77. The summed E-state index contributed by atoms with van der Waals surface area (Å²) in [4.78, 5) is 6.43. The van der Waals surface area contributed by atoms with E-state index in [1.165, 1.54) is 0 Å². The molecule has 1 aromatic carbocycles. The van der Waals surface area contributed by atoms with Gasteiger partial charge in [-0.05, 0) is 17.7 Å². The fourth-order valence-electron chi connectivity index (χ4n) is 2.36. The van der Waals surface area contributed by atoms with Gasteiger partial charge < -0.3 is 10.5 Å². The fraction of sp³-hybridized carbons (Fsp3) is 0.267. The zero-order chi connectivity index (χ0) is 13.9. The summed E-state index contributed by atoms with van der Waals surface area (Å²) in [5.41, 5.74) is 7.95. The van der Waals surface area contributed by atoms with Crippen LogP contribution < -0.4 is 10.5 Å². The molecular weight excluding hydrogens is 274 g/mol. The minimum Gasteiger partial charge on any atom is -0.468 e. The van der Waals surface area contributed by atoms with E-state index in [0.29, 0.717) is 17.7 Å². The highest BCUT2D eigenvalue weighted by molar-refractivity contribution is 6.29. The second-order valence-electron chi connectivity index (χ2n) is 4.81. The molecule has 1 aliphatic rings. The molecule has 2 N–H and O–H groups in total. The number of ether oxygens (including phenoxy) is 1. The van der Waals surface area contributed by atoms with Gasteiger partial charge in [-0.15, -0.1) is 0 Å². The maximum atomic E-state index is 6.06. The van der Waals surface area contributed by atoms with Crippen LogP contribution in [-0.4, -0.2) is 23.1 Å². The third-order valence-corrected chi connectivity index (χ3v) is 3.62. The van der Waals surface area contributed by atoms with Crippen molar-refractivity contribution in [1.82, 2.24) is 9.88 Å². The van der Waals surface area contributed by atoms with Gasteiger partial charge in [-0.2, -0.15) is 0 Å². The standard InChI is InChI=1S/C15H16ClN3O/c16-14-7-6-12-8-19(10-17)9-13(20-15(12)18-14)11-4-2-1-3-5-11/h1-7,13H,8-10,17H2. The molecule has 0 fully saturated rings. The first-order chi connectivity index (χ1) is 9.76. The number of hydrogen-bond donors (Lipinski definition) is 1. The van der Waals surface area contributed by atoms with E-state index in [1.807, 2.05) is 24.3 Å². The van der Waals surface area contributed by atoms with Gasteiger partial charge in [-0.3, -0.25) is 4.90 Å². The average molecular weight is 290 g/mol. The highest BCUT2D eigenvalue weighted by Gasteiger charge is 2.24. The number of rotatable bonds is 2. The van der Waals surface area contributed by atoms with E-state index in [4.69, 9.17) is 22.1 Å². The van der Waals surface area contributed by atoms with E-state index < -0.39 is 0 Å². The molecule has 1 unspecified atom stereocenters. The molecule has 0 aliphatic carbocycles. The first kappa shape index (κ1) is 13.4. The first-order valence-corrected chi connectivity index (χ1v) is 6.93. The van der Waals surface area contributed by atoms with Gasteiger partial charge in [0.2, 0.25) is 5.88 Å². The molecule has 3 rings (SSSR count). The maximum Gasteiger partial charge on any atom is 0.219 e. The Morgan fingerprint density at radius 3 is 2.80 bits per heavy atom. The largest absolute Gasteiger partial charge is 0.468 e. The molecule has 1 aliphatic heterocycles. The molecule has 0 radical (unpaired) electrons. The first-order valence-electron chi connectivity index (χ1n) is 6.55. The molecule has 104 valence electrons. The minimum atomic E-state index is -0.0908. The quantitative estimate of drug-likeness (QED) is 0.864. The number of aromatic nitrogens is 1. The van der Waals surface area contributed by atoms with Crippen LogP contribution in [-0.2, 0) is 6.54 Å². The van der Waals surface area contributed by atoms with E-state index in [2.05, 4.69) is 22.0 Å². The van der Waals surface area contributed by atoms with Crippen LogP contribution in [0.1, 0.15) is 17.2 Å². The third-order valence-electron chi connectivity index (χ3n) is 3.41. The van der Waals surface area contributed by atoms with E-state index >= 15 is 0 Å². The Morgan fingerprint density at radius 1 is 1.25 bits per heavy atom. The lowest BCUT2D eigenvalue weighted by molar-refractivity contribution is 0.146. The van der Waals surface area contributed by atoms with Crippen LogP contribution >= 0.6 is 11.6 Å². The number of benzene rings is 1. The van der Waals surface area contributed by atoms with Crippen molar-refractivity contribution in [2.24, 2.45) is 5.73 Å². The Kier molecular flexibility index (Phi) is 3.87. The predicted octanol–water partition coefficient (Wildman–Crippen LogP) is 2.59. The van der Waals surface area contributed by atoms with Crippen molar-refractivity contribution in [3.05, 3.63) is 58.7 Å². The highest BCUT2D eigenvalue weighted by Crippen LogP contribution is 2.30. The summed E-state index contributed by atoms with van der Waals surface area (Å²) in [7, 11) is 0. The minimum absolute atomic E-state index is 0.0908. The zero-order valence-electron chi connectivity index (χ0n) is 11.0. The predicted molar refractivity (Wildman–Crippen MR) is 78.5 cm³/mol. The summed E-state index contributed by atoms with van der Waals surface area (Å²) in [5, 5.41) is 0.441. The summed E-state index contributed by atoms with van der Waals surface area (Å²) >= 11 is 5.96. The second kappa shape index (κ2) is 5.79. The zero-order valence-corrected chi connectivity index (χ0v) is 11.8. The van der Waals surface area contributed by atoms with E-state index in [1.54, 1.807) is 6.07 Å². The fourth-order valence-corrected chi connectivity index (χ4v) is 2.50. The van der Waals surface area contributed by atoms with E-state index in [-0.39, 0.29) is 6.10 Å². The Balaban J connectivity index is 1.97. The van der Waals surface area contributed by atoms with Gasteiger partial charge in [0.15, 0.2) is 0 Å². The topological polar surface area (TPSA) is 51.4 Å². The van der Waals surface area contributed by atoms with E-state index in [0.717, 1.165) is 24.2 Å². The normalized spacial score (nSPS) is 19.0. The van der Waals surface area contributed by atoms with Crippen molar-refractivity contribution >= 4 is 11.6 Å². The Morgan fingerprint density at radius 2 is 2.05 bits per heavy atom. The lowest BCUT2D eigenvalue weighted by atomic mass is 10.1. The number of hydrogen-bond acceptors (Lipinski definition) is 4.